The van der Waals surface area contributed by atoms with Crippen LogP contribution >= 0.6 is 0 Å². The number of hydrogen-bond acceptors (Lipinski definition) is 2. The average molecular weight is 338 g/mol. The van der Waals surface area contributed by atoms with Gasteiger partial charge in [0.1, 0.15) is 17.3 Å². The molecule has 0 aromatic heterocycles. The van der Waals surface area contributed by atoms with Gasteiger partial charge in [0.2, 0.25) is 0 Å². The number of halogens is 4. The molecule has 0 saturated heterocycles. The van der Waals surface area contributed by atoms with E-state index in [2.05, 4.69) is 4.74 Å². The fourth-order valence-electron chi connectivity index (χ4n) is 2.85. The molecule has 0 heterocycles. The zero-order valence-electron chi connectivity index (χ0n) is 12.5. The zero-order valence-corrected chi connectivity index (χ0v) is 12.5. The lowest BCUT2D eigenvalue weighted by Gasteiger charge is -2.13. The molecule has 1 fully saturated rings. The maximum absolute atomic E-state index is 13.3. The van der Waals surface area contributed by atoms with Crippen molar-refractivity contribution in [3.05, 3.63) is 65.5 Å². The van der Waals surface area contributed by atoms with Gasteiger partial charge in [0.05, 0.1) is 0 Å². The SMILES string of the molecule is O=C(Cc1cc(F)ccc1OC(F)(F)F)[C@H]1C[C@@H]1c1ccccc1. The van der Waals surface area contributed by atoms with Crippen LogP contribution in [0.1, 0.15) is 23.5 Å². The summed E-state index contributed by atoms with van der Waals surface area (Å²) in [5.74, 6) is -1.60. The first kappa shape index (κ1) is 16.5. The smallest absolute Gasteiger partial charge is 0.405 e. The predicted octanol–water partition coefficient (Wildman–Crippen LogP) is 4.64. The normalized spacial score (nSPS) is 19.8. The number of Topliss-reactive ketones (excluding diaryl/α,β-unsaturated/α-hetero) is 1. The maximum atomic E-state index is 13.3. The molecule has 1 aliphatic rings. The fraction of sp³-hybridized carbons (Fsp3) is 0.278. The Morgan fingerprint density at radius 2 is 1.83 bits per heavy atom. The summed E-state index contributed by atoms with van der Waals surface area (Å²) in [4.78, 5) is 12.3. The van der Waals surface area contributed by atoms with Crippen LogP contribution in [0.15, 0.2) is 48.5 Å². The van der Waals surface area contributed by atoms with Crippen molar-refractivity contribution in [2.45, 2.75) is 25.1 Å². The molecule has 24 heavy (non-hydrogen) atoms. The summed E-state index contributed by atoms with van der Waals surface area (Å²) in [7, 11) is 0. The Balaban J connectivity index is 1.72. The van der Waals surface area contributed by atoms with Gasteiger partial charge in [0.15, 0.2) is 0 Å². The van der Waals surface area contributed by atoms with Crippen molar-refractivity contribution >= 4 is 5.78 Å². The fourth-order valence-corrected chi connectivity index (χ4v) is 2.85. The van der Waals surface area contributed by atoms with E-state index in [1.165, 1.54) is 0 Å². The highest BCUT2D eigenvalue weighted by molar-refractivity contribution is 5.87. The summed E-state index contributed by atoms with van der Waals surface area (Å²) in [5.41, 5.74) is 0.942. The molecular weight excluding hydrogens is 324 g/mol. The molecule has 2 aromatic rings. The van der Waals surface area contributed by atoms with Crippen LogP contribution in [0.2, 0.25) is 0 Å². The number of carbonyl (C=O) groups excluding carboxylic acids is 1. The Hall–Kier alpha value is -2.37. The third-order valence-electron chi connectivity index (χ3n) is 4.04. The Morgan fingerprint density at radius 3 is 2.50 bits per heavy atom. The summed E-state index contributed by atoms with van der Waals surface area (Å²) in [6.07, 6.45) is -4.51. The van der Waals surface area contributed by atoms with Crippen LogP contribution in [0.25, 0.3) is 0 Å². The quantitative estimate of drug-likeness (QED) is 0.743. The number of hydrogen-bond donors (Lipinski definition) is 0. The molecule has 2 atom stereocenters. The predicted molar refractivity (Wildman–Crippen MR) is 79.1 cm³/mol. The van der Waals surface area contributed by atoms with E-state index < -0.39 is 17.9 Å². The molecule has 1 saturated carbocycles. The Bertz CT molecular complexity index is 740. The van der Waals surface area contributed by atoms with Crippen LogP contribution in [-0.4, -0.2) is 12.1 Å². The molecule has 0 spiro atoms. The molecule has 2 aromatic carbocycles. The summed E-state index contributed by atoms with van der Waals surface area (Å²) in [5, 5.41) is 0. The monoisotopic (exact) mass is 338 g/mol. The number of ether oxygens (including phenoxy) is 1. The largest absolute Gasteiger partial charge is 0.573 e. The minimum absolute atomic E-state index is 0.0826. The first-order chi connectivity index (χ1) is 11.3. The molecule has 0 bridgehead atoms. The minimum Gasteiger partial charge on any atom is -0.405 e. The highest BCUT2D eigenvalue weighted by Gasteiger charge is 2.43. The van der Waals surface area contributed by atoms with Crippen LogP contribution in [-0.2, 0) is 11.2 Å². The van der Waals surface area contributed by atoms with Crippen LogP contribution in [0, 0.1) is 11.7 Å². The third kappa shape index (κ3) is 3.93. The second-order valence-electron chi connectivity index (χ2n) is 5.80. The number of rotatable bonds is 5. The molecule has 0 N–H and O–H groups in total. The Morgan fingerprint density at radius 1 is 1.12 bits per heavy atom. The van der Waals surface area contributed by atoms with Crippen molar-refractivity contribution in [2.75, 3.05) is 0 Å². The molecule has 2 nitrogen and oxygen atoms in total. The van der Waals surface area contributed by atoms with Crippen molar-refractivity contribution in [3.8, 4) is 5.75 Å². The van der Waals surface area contributed by atoms with E-state index in [0.717, 1.165) is 23.8 Å². The lowest BCUT2D eigenvalue weighted by atomic mass is 10.0. The summed E-state index contributed by atoms with van der Waals surface area (Å²) < 4.78 is 54.5. The molecule has 0 amide bonds. The van der Waals surface area contributed by atoms with Crippen LogP contribution in [0.4, 0.5) is 17.6 Å². The van der Waals surface area contributed by atoms with Gasteiger partial charge < -0.3 is 4.74 Å². The first-order valence-corrected chi connectivity index (χ1v) is 7.45. The molecule has 0 aliphatic heterocycles. The van der Waals surface area contributed by atoms with Crippen LogP contribution in [0.3, 0.4) is 0 Å². The van der Waals surface area contributed by atoms with Crippen molar-refractivity contribution in [3.63, 3.8) is 0 Å². The van der Waals surface area contributed by atoms with E-state index >= 15 is 0 Å². The van der Waals surface area contributed by atoms with E-state index in [-0.39, 0.29) is 29.6 Å². The molecule has 3 rings (SSSR count). The van der Waals surface area contributed by atoms with E-state index in [0.29, 0.717) is 6.42 Å². The lowest BCUT2D eigenvalue weighted by Crippen LogP contribution is -2.19. The van der Waals surface area contributed by atoms with Gasteiger partial charge in [-0.2, -0.15) is 0 Å². The molecular formula is C18H14F4O2. The third-order valence-corrected chi connectivity index (χ3v) is 4.04. The number of ketones is 1. The van der Waals surface area contributed by atoms with Gasteiger partial charge in [-0.15, -0.1) is 13.2 Å². The van der Waals surface area contributed by atoms with E-state index in [9.17, 15) is 22.4 Å². The molecule has 126 valence electrons. The highest BCUT2D eigenvalue weighted by atomic mass is 19.4. The zero-order chi connectivity index (χ0) is 17.3. The summed E-state index contributed by atoms with van der Waals surface area (Å²) >= 11 is 0. The van der Waals surface area contributed by atoms with Crippen molar-refractivity contribution in [2.24, 2.45) is 5.92 Å². The number of carbonyl (C=O) groups is 1. The van der Waals surface area contributed by atoms with Gasteiger partial charge in [-0.25, -0.2) is 4.39 Å². The van der Waals surface area contributed by atoms with Crippen molar-refractivity contribution in [1.82, 2.24) is 0 Å². The van der Waals surface area contributed by atoms with Crippen LogP contribution < -0.4 is 4.74 Å². The summed E-state index contributed by atoms with van der Waals surface area (Å²) in [6, 6.07) is 12.1. The second kappa shape index (κ2) is 6.26. The van der Waals surface area contributed by atoms with Gasteiger partial charge in [0.25, 0.3) is 0 Å². The molecule has 0 unspecified atom stereocenters. The van der Waals surface area contributed by atoms with E-state index in [4.69, 9.17) is 0 Å². The average Bonchev–Trinajstić information content (AvgIpc) is 3.30. The second-order valence-corrected chi connectivity index (χ2v) is 5.80. The van der Waals surface area contributed by atoms with Crippen molar-refractivity contribution < 1.29 is 27.1 Å². The highest BCUT2D eigenvalue weighted by Crippen LogP contribution is 2.48. The van der Waals surface area contributed by atoms with Crippen LogP contribution in [0.5, 0.6) is 5.75 Å². The maximum Gasteiger partial charge on any atom is 0.573 e. The first-order valence-electron chi connectivity index (χ1n) is 7.45. The molecule has 1 aliphatic carbocycles. The standard InChI is InChI=1S/C18H14F4O2/c19-13-6-7-17(24-18(20,21)22)12(8-13)9-16(23)15-10-14(15)11-4-2-1-3-5-11/h1-8,14-15H,9-10H2/t14-,15+/m1/s1. The lowest BCUT2D eigenvalue weighted by molar-refractivity contribution is -0.274. The van der Waals surface area contributed by atoms with Crippen molar-refractivity contribution in [1.29, 1.82) is 0 Å². The van der Waals surface area contributed by atoms with Gasteiger partial charge in [0, 0.05) is 17.9 Å². The number of benzene rings is 2. The van der Waals surface area contributed by atoms with Gasteiger partial charge in [-0.05, 0) is 36.1 Å². The van der Waals surface area contributed by atoms with E-state index in [1.807, 2.05) is 30.3 Å². The van der Waals surface area contributed by atoms with Gasteiger partial charge in [-0.3, -0.25) is 4.79 Å². The minimum atomic E-state index is -4.89. The van der Waals surface area contributed by atoms with Gasteiger partial charge in [-0.1, -0.05) is 30.3 Å². The summed E-state index contributed by atoms with van der Waals surface area (Å²) in [6.45, 7) is 0. The number of alkyl halides is 3. The topological polar surface area (TPSA) is 26.3 Å². The molecule has 0 radical (unpaired) electrons. The molecule has 6 heteroatoms. The van der Waals surface area contributed by atoms with E-state index in [1.54, 1.807) is 0 Å². The Kier molecular flexibility index (Phi) is 4.30. The Labute approximate surface area is 136 Å². The van der Waals surface area contributed by atoms with Gasteiger partial charge >= 0.3 is 6.36 Å².